The second-order valence-electron chi connectivity index (χ2n) is 7.13. The summed E-state index contributed by atoms with van der Waals surface area (Å²) in [5, 5.41) is 18.7. The zero-order valence-electron chi connectivity index (χ0n) is 19.1. The summed E-state index contributed by atoms with van der Waals surface area (Å²) in [6.45, 7) is 0. The van der Waals surface area contributed by atoms with Crippen molar-refractivity contribution in [3.8, 4) is 17.1 Å². The lowest BCUT2D eigenvalue weighted by Gasteiger charge is -2.14. The largest absolute Gasteiger partial charge is 0.467 e. The molecule has 2 aromatic heterocycles. The first kappa shape index (κ1) is 24.8. The van der Waals surface area contributed by atoms with Crippen LogP contribution in [0.15, 0.2) is 42.9 Å². The zero-order chi connectivity index (χ0) is 25.5. The van der Waals surface area contributed by atoms with Crippen LogP contribution in [0.1, 0.15) is 21.6 Å². The van der Waals surface area contributed by atoms with E-state index in [-0.39, 0.29) is 17.8 Å². The van der Waals surface area contributed by atoms with E-state index < -0.39 is 24.1 Å². The maximum atomic E-state index is 12.0. The molecule has 1 aromatic carbocycles. The molecule has 182 valence electrons. The van der Waals surface area contributed by atoms with Crippen LogP contribution in [-0.2, 0) is 25.4 Å². The summed E-state index contributed by atoms with van der Waals surface area (Å²) >= 11 is 0. The number of amidine groups is 1. The molecule has 35 heavy (non-hydrogen) atoms. The van der Waals surface area contributed by atoms with Crippen molar-refractivity contribution in [3.63, 3.8) is 0 Å². The predicted molar refractivity (Wildman–Crippen MR) is 122 cm³/mol. The average Bonchev–Trinajstić information content (AvgIpc) is 3.35. The number of benzene rings is 1. The smallest absolute Gasteiger partial charge is 0.407 e. The first-order valence-electron chi connectivity index (χ1n) is 10.1. The summed E-state index contributed by atoms with van der Waals surface area (Å²) in [5.41, 5.74) is 7.70. The van der Waals surface area contributed by atoms with E-state index in [0.717, 1.165) is 0 Å². The number of ether oxygens (including phenoxy) is 3. The summed E-state index contributed by atoms with van der Waals surface area (Å²) in [7, 11) is 3.67. The molecule has 0 fully saturated rings. The van der Waals surface area contributed by atoms with Crippen LogP contribution >= 0.6 is 0 Å². The van der Waals surface area contributed by atoms with Crippen molar-refractivity contribution >= 4 is 23.9 Å². The van der Waals surface area contributed by atoms with Crippen molar-refractivity contribution in [2.45, 2.75) is 12.5 Å². The minimum Gasteiger partial charge on any atom is -0.467 e. The molecule has 0 spiro atoms. The highest BCUT2D eigenvalue weighted by Gasteiger charge is 2.23. The van der Waals surface area contributed by atoms with E-state index in [9.17, 15) is 14.4 Å². The van der Waals surface area contributed by atoms with Crippen molar-refractivity contribution in [1.82, 2.24) is 25.1 Å². The van der Waals surface area contributed by atoms with E-state index in [1.165, 1.54) is 33.7 Å². The number of methoxy groups -OCH3 is 3. The van der Waals surface area contributed by atoms with E-state index >= 15 is 0 Å². The van der Waals surface area contributed by atoms with Gasteiger partial charge >= 0.3 is 18.0 Å². The third-order valence-corrected chi connectivity index (χ3v) is 4.93. The summed E-state index contributed by atoms with van der Waals surface area (Å²) in [6, 6.07) is 6.99. The molecule has 1 amide bonds. The average molecular weight is 481 g/mol. The molecule has 1 atom stereocenters. The van der Waals surface area contributed by atoms with Crippen molar-refractivity contribution in [1.29, 1.82) is 5.41 Å². The number of nitrogens with two attached hydrogens (primary N) is 1. The number of alkyl carbamates (subject to hydrolysis) is 1. The number of imidazole rings is 1. The Balaban J connectivity index is 1.83. The van der Waals surface area contributed by atoms with Gasteiger partial charge in [0.15, 0.2) is 5.82 Å². The van der Waals surface area contributed by atoms with Gasteiger partial charge in [-0.15, -0.1) is 10.2 Å². The molecular formula is C22H23N7O6. The highest BCUT2D eigenvalue weighted by atomic mass is 16.5. The number of hydrogen-bond acceptors (Lipinski definition) is 10. The number of nitrogen functional groups attached to an aromatic ring is 1. The first-order valence-corrected chi connectivity index (χ1v) is 10.1. The number of nitrogens with zero attached hydrogens (tertiary/aromatic N) is 4. The third-order valence-electron chi connectivity index (χ3n) is 4.93. The summed E-state index contributed by atoms with van der Waals surface area (Å²) < 4.78 is 15.6. The predicted octanol–water partition coefficient (Wildman–Crippen LogP) is 0.840. The van der Waals surface area contributed by atoms with Crippen LogP contribution < -0.4 is 11.1 Å². The second-order valence-corrected chi connectivity index (χ2v) is 7.13. The minimum absolute atomic E-state index is 0.0643. The SMILES string of the molecule is COC(=O)NC(Cc1cn(-c2ccc(-c3ccc(C(=O)OC)cc3C(=N)N)nn2)cn1)C(=O)OC. The monoisotopic (exact) mass is 481 g/mol. The molecule has 4 N–H and O–H groups in total. The van der Waals surface area contributed by atoms with Gasteiger partial charge in [-0.25, -0.2) is 19.4 Å². The zero-order valence-corrected chi connectivity index (χ0v) is 19.1. The number of nitrogens with one attached hydrogen (secondary N) is 2. The minimum atomic E-state index is -0.984. The van der Waals surface area contributed by atoms with Gasteiger partial charge in [0, 0.05) is 23.7 Å². The molecule has 0 bridgehead atoms. The summed E-state index contributed by atoms with van der Waals surface area (Å²) in [4.78, 5) is 39.5. The third kappa shape index (κ3) is 5.76. The van der Waals surface area contributed by atoms with Crippen LogP contribution in [0.2, 0.25) is 0 Å². The molecular weight excluding hydrogens is 458 g/mol. The number of esters is 2. The molecule has 3 rings (SSSR count). The molecule has 0 saturated heterocycles. The number of aromatic nitrogens is 4. The summed E-state index contributed by atoms with van der Waals surface area (Å²) in [6.07, 6.45) is 2.41. The van der Waals surface area contributed by atoms with Gasteiger partial charge in [0.2, 0.25) is 0 Å². The van der Waals surface area contributed by atoms with Gasteiger partial charge in [-0.05, 0) is 24.3 Å². The van der Waals surface area contributed by atoms with Crippen molar-refractivity contribution < 1.29 is 28.6 Å². The fraction of sp³-hybridized carbons (Fsp3) is 0.227. The van der Waals surface area contributed by atoms with Gasteiger partial charge in [0.05, 0.1) is 38.3 Å². The van der Waals surface area contributed by atoms with Crippen LogP contribution in [-0.4, -0.2) is 71.0 Å². The highest BCUT2D eigenvalue weighted by Crippen LogP contribution is 2.23. The van der Waals surface area contributed by atoms with Crippen molar-refractivity contribution in [3.05, 3.63) is 59.7 Å². The second kappa shape index (κ2) is 10.9. The van der Waals surface area contributed by atoms with Gasteiger partial charge in [-0.2, -0.15) is 0 Å². The number of amides is 1. The Morgan fingerprint density at radius 1 is 1.09 bits per heavy atom. The lowest BCUT2D eigenvalue weighted by atomic mass is 10.0. The Labute approximate surface area is 199 Å². The number of carbonyl (C=O) groups excluding carboxylic acids is 3. The lowest BCUT2D eigenvalue weighted by Crippen LogP contribution is -2.43. The summed E-state index contributed by atoms with van der Waals surface area (Å²) in [5.74, 6) is -1.00. The Hall–Kier alpha value is -4.81. The maximum absolute atomic E-state index is 12.0. The molecule has 0 saturated carbocycles. The van der Waals surface area contributed by atoms with Gasteiger partial charge in [0.1, 0.15) is 18.2 Å². The van der Waals surface area contributed by atoms with Gasteiger partial charge in [0.25, 0.3) is 0 Å². The fourth-order valence-electron chi connectivity index (χ4n) is 3.18. The van der Waals surface area contributed by atoms with Crippen molar-refractivity contribution in [2.24, 2.45) is 5.73 Å². The van der Waals surface area contributed by atoms with Crippen LogP contribution in [0.5, 0.6) is 0 Å². The van der Waals surface area contributed by atoms with Crippen LogP contribution in [0.4, 0.5) is 4.79 Å². The molecule has 3 aromatic rings. The maximum Gasteiger partial charge on any atom is 0.407 e. The Kier molecular flexibility index (Phi) is 7.71. The van der Waals surface area contributed by atoms with E-state index in [1.54, 1.807) is 35.0 Å². The molecule has 13 nitrogen and oxygen atoms in total. The molecule has 0 aliphatic carbocycles. The fourth-order valence-corrected chi connectivity index (χ4v) is 3.18. The Morgan fingerprint density at radius 2 is 1.86 bits per heavy atom. The van der Waals surface area contributed by atoms with E-state index in [0.29, 0.717) is 28.3 Å². The lowest BCUT2D eigenvalue weighted by molar-refractivity contribution is -0.142. The molecule has 1 unspecified atom stereocenters. The van der Waals surface area contributed by atoms with Crippen molar-refractivity contribution in [2.75, 3.05) is 21.3 Å². The quantitative estimate of drug-likeness (QED) is 0.180. The van der Waals surface area contributed by atoms with Gasteiger partial charge in [-0.3, -0.25) is 9.98 Å². The molecule has 0 aliphatic rings. The number of rotatable bonds is 8. The first-order chi connectivity index (χ1) is 16.8. The van der Waals surface area contributed by atoms with E-state index in [1.807, 2.05) is 0 Å². The van der Waals surface area contributed by atoms with Gasteiger partial charge in [-0.1, -0.05) is 6.07 Å². The van der Waals surface area contributed by atoms with Crippen LogP contribution in [0.3, 0.4) is 0 Å². The molecule has 2 heterocycles. The normalized spacial score (nSPS) is 11.3. The van der Waals surface area contributed by atoms with E-state index in [4.69, 9.17) is 20.6 Å². The van der Waals surface area contributed by atoms with Crippen LogP contribution in [0, 0.1) is 5.41 Å². The standard InChI is InChI=1S/C22H23N7O6/c1-33-20(30)12-4-5-14(15(8-12)19(23)24)16-6-7-18(28-27-16)29-10-13(25-11-29)9-17(21(31)34-2)26-22(32)35-3/h4-8,10-11,17H,9H2,1-3H3,(H3,23,24)(H,26,32). The Morgan fingerprint density at radius 3 is 2.46 bits per heavy atom. The molecule has 0 radical (unpaired) electrons. The highest BCUT2D eigenvalue weighted by molar-refractivity contribution is 6.03. The molecule has 0 aliphatic heterocycles. The molecule has 13 heteroatoms. The number of carbonyl (C=O) groups is 3. The Bertz CT molecular complexity index is 1260. The van der Waals surface area contributed by atoms with E-state index in [2.05, 4.69) is 25.2 Å². The number of hydrogen-bond donors (Lipinski definition) is 3. The van der Waals surface area contributed by atoms with Gasteiger partial charge < -0.3 is 25.3 Å². The topological polar surface area (TPSA) is 184 Å². The van der Waals surface area contributed by atoms with Crippen LogP contribution in [0.25, 0.3) is 17.1 Å².